The number of urea groups is 1. The van der Waals surface area contributed by atoms with Crippen LogP contribution >= 0.6 is 11.3 Å². The largest absolute Gasteiger partial charge is 0.340 e. The van der Waals surface area contributed by atoms with Gasteiger partial charge in [0, 0.05) is 19.0 Å². The maximum atomic E-state index is 13.3. The second-order valence-corrected chi connectivity index (χ2v) is 9.71. The van der Waals surface area contributed by atoms with Gasteiger partial charge in [-0.2, -0.15) is 0 Å². The van der Waals surface area contributed by atoms with Crippen LogP contribution in [-0.2, 0) is 15.1 Å². The van der Waals surface area contributed by atoms with E-state index in [2.05, 4.69) is 11.4 Å². The zero-order valence-electron chi connectivity index (χ0n) is 18.5. The Morgan fingerprint density at radius 3 is 2.67 bits per heavy atom. The highest BCUT2D eigenvalue weighted by atomic mass is 32.1. The SMILES string of the molecule is CCC1(c2ccccc2)NC(=O)N(CC(=O)N2CCCC(c3nc4ccccc4s3)C2)C1=O. The summed E-state index contributed by atoms with van der Waals surface area (Å²) in [6.45, 7) is 2.80. The van der Waals surface area contributed by atoms with Crippen LogP contribution in [0.15, 0.2) is 54.6 Å². The van der Waals surface area contributed by atoms with Gasteiger partial charge in [0.25, 0.3) is 5.91 Å². The summed E-state index contributed by atoms with van der Waals surface area (Å²) >= 11 is 1.67. The minimum atomic E-state index is -1.12. The quantitative estimate of drug-likeness (QED) is 0.584. The summed E-state index contributed by atoms with van der Waals surface area (Å²) < 4.78 is 1.15. The van der Waals surface area contributed by atoms with Crippen molar-refractivity contribution in [3.8, 4) is 0 Å². The van der Waals surface area contributed by atoms with Crippen molar-refractivity contribution in [2.24, 2.45) is 0 Å². The molecule has 5 rings (SSSR count). The fourth-order valence-electron chi connectivity index (χ4n) is 4.84. The average Bonchev–Trinajstić information content (AvgIpc) is 3.40. The van der Waals surface area contributed by atoms with Crippen LogP contribution in [0.4, 0.5) is 4.79 Å². The molecule has 7 nitrogen and oxygen atoms in total. The molecule has 0 radical (unpaired) electrons. The third kappa shape index (κ3) is 3.78. The lowest BCUT2D eigenvalue weighted by atomic mass is 9.87. The number of hydrogen-bond acceptors (Lipinski definition) is 5. The molecule has 0 aliphatic carbocycles. The van der Waals surface area contributed by atoms with E-state index in [0.717, 1.165) is 38.5 Å². The van der Waals surface area contributed by atoms with Gasteiger partial charge in [-0.15, -0.1) is 11.3 Å². The van der Waals surface area contributed by atoms with E-state index >= 15 is 0 Å². The lowest BCUT2D eigenvalue weighted by Gasteiger charge is -2.32. The minimum Gasteiger partial charge on any atom is -0.340 e. The van der Waals surface area contributed by atoms with Gasteiger partial charge in [0.15, 0.2) is 0 Å². The number of nitrogens with zero attached hydrogens (tertiary/aromatic N) is 3. The number of thiazole rings is 1. The van der Waals surface area contributed by atoms with Crippen LogP contribution in [-0.4, -0.2) is 52.3 Å². The van der Waals surface area contributed by atoms with Crippen LogP contribution in [0.2, 0.25) is 0 Å². The second kappa shape index (κ2) is 8.59. The monoisotopic (exact) mass is 462 g/mol. The second-order valence-electron chi connectivity index (χ2n) is 8.65. The van der Waals surface area contributed by atoms with Gasteiger partial charge in [-0.05, 0) is 37.0 Å². The van der Waals surface area contributed by atoms with Crippen molar-refractivity contribution in [2.45, 2.75) is 37.6 Å². The summed E-state index contributed by atoms with van der Waals surface area (Å²) in [6.07, 6.45) is 2.25. The maximum absolute atomic E-state index is 13.3. The van der Waals surface area contributed by atoms with Crippen molar-refractivity contribution in [1.29, 1.82) is 0 Å². The third-order valence-corrected chi connectivity index (χ3v) is 7.90. The number of piperidine rings is 1. The first kappa shape index (κ1) is 21.6. The lowest BCUT2D eigenvalue weighted by molar-refractivity contribution is -0.140. The number of likely N-dealkylation sites (tertiary alicyclic amines) is 1. The Bertz CT molecular complexity index is 1180. The predicted molar refractivity (Wildman–Crippen MR) is 127 cm³/mol. The Labute approximate surface area is 196 Å². The summed E-state index contributed by atoms with van der Waals surface area (Å²) in [5.74, 6) is -0.402. The first-order chi connectivity index (χ1) is 16.0. The maximum Gasteiger partial charge on any atom is 0.325 e. The number of aromatic nitrogens is 1. The number of nitrogens with one attached hydrogen (secondary N) is 1. The Hall–Kier alpha value is -3.26. The number of benzene rings is 2. The highest BCUT2D eigenvalue weighted by molar-refractivity contribution is 7.18. The van der Waals surface area contributed by atoms with E-state index in [4.69, 9.17) is 4.98 Å². The topological polar surface area (TPSA) is 82.6 Å². The molecule has 2 aliphatic heterocycles. The Balaban J connectivity index is 1.30. The van der Waals surface area contributed by atoms with E-state index < -0.39 is 11.6 Å². The van der Waals surface area contributed by atoms with E-state index in [9.17, 15) is 14.4 Å². The van der Waals surface area contributed by atoms with Crippen molar-refractivity contribution >= 4 is 39.4 Å². The van der Waals surface area contributed by atoms with E-state index in [1.165, 1.54) is 0 Å². The number of carbonyl (C=O) groups excluding carboxylic acids is 3. The predicted octanol–water partition coefficient (Wildman–Crippen LogP) is 3.86. The minimum absolute atomic E-state index is 0.169. The molecular formula is C25H26N4O3S. The normalized spacial score (nSPS) is 23.2. The molecule has 2 saturated heterocycles. The van der Waals surface area contributed by atoms with Crippen LogP contribution in [0.5, 0.6) is 0 Å². The molecule has 3 heterocycles. The molecule has 1 N–H and O–H groups in total. The highest BCUT2D eigenvalue weighted by Crippen LogP contribution is 2.34. The van der Waals surface area contributed by atoms with E-state index in [1.807, 2.05) is 55.5 Å². The summed E-state index contributed by atoms with van der Waals surface area (Å²) in [6, 6.07) is 16.8. The number of imide groups is 1. The molecule has 2 aromatic carbocycles. The molecule has 8 heteroatoms. The van der Waals surface area contributed by atoms with Gasteiger partial charge in [0.05, 0.1) is 15.2 Å². The van der Waals surface area contributed by atoms with E-state index in [-0.39, 0.29) is 24.3 Å². The van der Waals surface area contributed by atoms with Crippen molar-refractivity contribution in [1.82, 2.24) is 20.1 Å². The molecule has 1 aromatic heterocycles. The molecule has 0 spiro atoms. The zero-order valence-corrected chi connectivity index (χ0v) is 19.3. The van der Waals surface area contributed by atoms with Gasteiger partial charge in [0.1, 0.15) is 12.1 Å². The van der Waals surface area contributed by atoms with Crippen molar-refractivity contribution in [3.63, 3.8) is 0 Å². The lowest BCUT2D eigenvalue weighted by Crippen LogP contribution is -2.47. The van der Waals surface area contributed by atoms with Crippen molar-refractivity contribution < 1.29 is 14.4 Å². The van der Waals surface area contributed by atoms with Gasteiger partial charge in [0.2, 0.25) is 5.91 Å². The standard InChI is InChI=1S/C25H26N4O3S/c1-2-25(18-10-4-3-5-11-18)23(31)29(24(32)27-25)16-21(30)28-14-8-9-17(15-28)22-26-19-12-6-7-13-20(19)33-22/h3-7,10-13,17H,2,8-9,14-16H2,1H3,(H,27,32). The Morgan fingerprint density at radius 2 is 1.91 bits per heavy atom. The number of para-hydroxylation sites is 1. The summed E-state index contributed by atoms with van der Waals surface area (Å²) in [5.41, 5.74) is 0.594. The van der Waals surface area contributed by atoms with Crippen molar-refractivity contribution in [3.05, 3.63) is 65.2 Å². The van der Waals surface area contributed by atoms with Crippen LogP contribution in [0.3, 0.4) is 0 Å². The smallest absolute Gasteiger partial charge is 0.325 e. The van der Waals surface area contributed by atoms with E-state index in [1.54, 1.807) is 16.2 Å². The van der Waals surface area contributed by atoms with Crippen molar-refractivity contribution in [2.75, 3.05) is 19.6 Å². The number of rotatable bonds is 5. The molecule has 0 saturated carbocycles. The summed E-state index contributed by atoms with van der Waals surface area (Å²) in [7, 11) is 0. The third-order valence-electron chi connectivity index (χ3n) is 6.70. The van der Waals surface area contributed by atoms with Gasteiger partial charge >= 0.3 is 6.03 Å². The number of hydrogen-bond donors (Lipinski definition) is 1. The molecular weight excluding hydrogens is 436 g/mol. The Morgan fingerprint density at radius 1 is 1.15 bits per heavy atom. The fourth-order valence-corrected chi connectivity index (χ4v) is 5.93. The van der Waals surface area contributed by atoms with Gasteiger partial charge in [-0.3, -0.25) is 14.5 Å². The van der Waals surface area contributed by atoms with Crippen LogP contribution in [0.25, 0.3) is 10.2 Å². The average molecular weight is 463 g/mol. The van der Waals surface area contributed by atoms with Gasteiger partial charge in [-0.1, -0.05) is 49.4 Å². The van der Waals surface area contributed by atoms with Crippen LogP contribution < -0.4 is 5.32 Å². The number of amides is 4. The van der Waals surface area contributed by atoms with Gasteiger partial charge < -0.3 is 10.2 Å². The summed E-state index contributed by atoms with van der Waals surface area (Å²) in [4.78, 5) is 46.9. The Kier molecular flexibility index (Phi) is 5.62. The van der Waals surface area contributed by atoms with Crippen LogP contribution in [0, 0.1) is 0 Å². The molecule has 170 valence electrons. The molecule has 3 aromatic rings. The molecule has 2 aliphatic rings. The molecule has 2 atom stereocenters. The fraction of sp³-hybridized carbons (Fsp3) is 0.360. The van der Waals surface area contributed by atoms with E-state index in [0.29, 0.717) is 19.5 Å². The molecule has 4 amide bonds. The zero-order chi connectivity index (χ0) is 23.0. The molecule has 0 bridgehead atoms. The van der Waals surface area contributed by atoms with Gasteiger partial charge in [-0.25, -0.2) is 9.78 Å². The van der Waals surface area contributed by atoms with Crippen LogP contribution in [0.1, 0.15) is 42.7 Å². The summed E-state index contributed by atoms with van der Waals surface area (Å²) in [5, 5.41) is 3.89. The first-order valence-corrected chi connectivity index (χ1v) is 12.2. The molecule has 2 unspecified atom stereocenters. The first-order valence-electron chi connectivity index (χ1n) is 11.3. The highest BCUT2D eigenvalue weighted by Gasteiger charge is 2.51. The molecule has 2 fully saturated rings. The molecule has 33 heavy (non-hydrogen) atoms. The number of carbonyl (C=O) groups is 3. The number of fused-ring (bicyclic) bond motifs is 1.